The molecular formula is C11H12S2. The zero-order valence-electron chi connectivity index (χ0n) is 7.30. The molecule has 2 aliphatic rings. The van der Waals surface area contributed by atoms with E-state index >= 15 is 0 Å². The topological polar surface area (TPSA) is 0 Å². The molecule has 0 radical (unpaired) electrons. The lowest BCUT2D eigenvalue weighted by molar-refractivity contribution is 0.901. The van der Waals surface area contributed by atoms with Gasteiger partial charge in [-0.2, -0.15) is 0 Å². The summed E-state index contributed by atoms with van der Waals surface area (Å²) in [5.74, 6) is 0. The lowest BCUT2D eigenvalue weighted by atomic mass is 10.2. The molecule has 2 unspecified atom stereocenters. The summed E-state index contributed by atoms with van der Waals surface area (Å²) in [6.45, 7) is 0. The van der Waals surface area contributed by atoms with E-state index in [0.717, 1.165) is 0 Å². The Kier molecular flexibility index (Phi) is 3.39. The van der Waals surface area contributed by atoms with Gasteiger partial charge in [0.25, 0.3) is 0 Å². The number of rotatable bonds is 2. The van der Waals surface area contributed by atoms with E-state index in [0.29, 0.717) is 10.5 Å². The summed E-state index contributed by atoms with van der Waals surface area (Å²) in [4.78, 5) is 0. The van der Waals surface area contributed by atoms with Crippen molar-refractivity contribution in [3.05, 3.63) is 47.3 Å². The predicted molar refractivity (Wildman–Crippen MR) is 63.9 cm³/mol. The molecule has 0 aromatic carbocycles. The quantitative estimate of drug-likeness (QED) is 0.678. The average Bonchev–Trinajstić information content (AvgIpc) is 2.21. The maximum atomic E-state index is 2.29. The molecule has 0 aliphatic carbocycles. The van der Waals surface area contributed by atoms with Crippen LogP contribution < -0.4 is 0 Å². The van der Waals surface area contributed by atoms with E-state index in [1.807, 2.05) is 23.5 Å². The smallest absolute Gasteiger partial charge is 0.0285 e. The monoisotopic (exact) mass is 208 g/mol. The van der Waals surface area contributed by atoms with E-state index in [2.05, 4.69) is 47.3 Å². The number of hydrogen-bond acceptors (Lipinski definition) is 2. The predicted octanol–water partition coefficient (Wildman–Crippen LogP) is 3.75. The van der Waals surface area contributed by atoms with Crippen molar-refractivity contribution in [1.29, 1.82) is 0 Å². The normalized spacial score (nSPS) is 31.1. The van der Waals surface area contributed by atoms with E-state index in [9.17, 15) is 0 Å². The highest BCUT2D eigenvalue weighted by Crippen LogP contribution is 2.29. The van der Waals surface area contributed by atoms with Crippen LogP contribution in [0.15, 0.2) is 47.3 Å². The molecule has 2 heteroatoms. The fourth-order valence-corrected chi connectivity index (χ4v) is 3.24. The molecule has 2 rings (SSSR count). The van der Waals surface area contributed by atoms with Crippen LogP contribution in [0.4, 0.5) is 0 Å². The summed E-state index contributed by atoms with van der Waals surface area (Å²) in [6.07, 6.45) is 14.3. The largest absolute Gasteiger partial charge is 0.126 e. The van der Waals surface area contributed by atoms with Crippen molar-refractivity contribution < 1.29 is 0 Å². The van der Waals surface area contributed by atoms with Gasteiger partial charge in [-0.3, -0.25) is 0 Å². The molecule has 0 saturated heterocycles. The summed E-state index contributed by atoms with van der Waals surface area (Å²) in [5.41, 5.74) is 0. The molecule has 2 aliphatic heterocycles. The summed E-state index contributed by atoms with van der Waals surface area (Å²) < 4.78 is 0. The molecule has 0 nitrogen and oxygen atoms in total. The Bertz CT molecular complexity index is 246. The second-order valence-corrected chi connectivity index (χ2v) is 5.31. The van der Waals surface area contributed by atoms with Gasteiger partial charge >= 0.3 is 0 Å². The molecule has 0 bridgehead atoms. The first-order valence-corrected chi connectivity index (χ1v) is 6.31. The van der Waals surface area contributed by atoms with Gasteiger partial charge in [0.1, 0.15) is 0 Å². The van der Waals surface area contributed by atoms with E-state index in [-0.39, 0.29) is 0 Å². The van der Waals surface area contributed by atoms with Gasteiger partial charge in [0.15, 0.2) is 0 Å². The second kappa shape index (κ2) is 4.77. The van der Waals surface area contributed by atoms with Crippen LogP contribution >= 0.6 is 23.5 Å². The van der Waals surface area contributed by atoms with E-state index in [1.54, 1.807) is 0 Å². The van der Waals surface area contributed by atoms with Gasteiger partial charge in [-0.05, 0) is 17.2 Å². The Morgan fingerprint density at radius 2 is 1.31 bits per heavy atom. The van der Waals surface area contributed by atoms with E-state index in [4.69, 9.17) is 0 Å². The van der Waals surface area contributed by atoms with Crippen molar-refractivity contribution in [3.8, 4) is 0 Å². The maximum Gasteiger partial charge on any atom is 0.0285 e. The third kappa shape index (κ3) is 2.82. The first kappa shape index (κ1) is 9.22. The SMILES string of the molecule is C1=CSC(CC2C=CC=CS2)C=C1. The van der Waals surface area contributed by atoms with Gasteiger partial charge in [0, 0.05) is 10.5 Å². The highest BCUT2D eigenvalue weighted by atomic mass is 32.2. The lowest BCUT2D eigenvalue weighted by Crippen LogP contribution is -2.09. The average molecular weight is 208 g/mol. The summed E-state index contributed by atoms with van der Waals surface area (Å²) in [5, 5.41) is 5.69. The molecule has 2 heterocycles. The second-order valence-electron chi connectivity index (χ2n) is 3.01. The van der Waals surface area contributed by atoms with Crippen molar-refractivity contribution in [2.24, 2.45) is 0 Å². The highest BCUT2D eigenvalue weighted by molar-refractivity contribution is 8.03. The number of allylic oxidation sites excluding steroid dienone is 4. The molecule has 0 aromatic heterocycles. The Morgan fingerprint density at radius 1 is 0.769 bits per heavy atom. The van der Waals surface area contributed by atoms with Crippen LogP contribution in [0.5, 0.6) is 0 Å². The Morgan fingerprint density at radius 3 is 1.69 bits per heavy atom. The van der Waals surface area contributed by atoms with E-state index in [1.165, 1.54) is 6.42 Å². The van der Waals surface area contributed by atoms with Gasteiger partial charge in [-0.1, -0.05) is 36.5 Å². The first-order valence-electron chi connectivity index (χ1n) is 4.43. The minimum absolute atomic E-state index is 0.665. The standard InChI is InChI=1S/C11H12S2/c1-3-7-12-10(5-1)9-11-6-2-4-8-13-11/h1-8,10-11H,9H2. The lowest BCUT2D eigenvalue weighted by Gasteiger charge is -2.18. The van der Waals surface area contributed by atoms with Crippen LogP contribution in [-0.2, 0) is 0 Å². The Hall–Kier alpha value is -0.340. The van der Waals surface area contributed by atoms with Crippen molar-refractivity contribution in [2.75, 3.05) is 0 Å². The molecule has 0 fully saturated rings. The molecule has 0 saturated carbocycles. The minimum Gasteiger partial charge on any atom is -0.126 e. The van der Waals surface area contributed by atoms with Crippen LogP contribution in [0, 0.1) is 0 Å². The van der Waals surface area contributed by atoms with Crippen LogP contribution in [0.3, 0.4) is 0 Å². The van der Waals surface area contributed by atoms with Crippen molar-refractivity contribution in [3.63, 3.8) is 0 Å². The molecule has 0 aromatic rings. The molecule has 68 valence electrons. The summed E-state index contributed by atoms with van der Waals surface area (Å²) in [7, 11) is 0. The van der Waals surface area contributed by atoms with Crippen LogP contribution in [0.25, 0.3) is 0 Å². The summed E-state index contributed by atoms with van der Waals surface area (Å²) >= 11 is 3.84. The number of hydrogen-bond donors (Lipinski definition) is 0. The van der Waals surface area contributed by atoms with Gasteiger partial charge in [0.2, 0.25) is 0 Å². The van der Waals surface area contributed by atoms with Gasteiger partial charge in [0.05, 0.1) is 0 Å². The highest BCUT2D eigenvalue weighted by Gasteiger charge is 2.13. The van der Waals surface area contributed by atoms with Gasteiger partial charge < -0.3 is 0 Å². The third-order valence-corrected chi connectivity index (χ3v) is 4.03. The first-order chi connectivity index (χ1) is 6.45. The fourth-order valence-electron chi connectivity index (χ4n) is 1.35. The Labute approximate surface area is 87.9 Å². The summed E-state index contributed by atoms with van der Waals surface area (Å²) in [6, 6.07) is 0. The zero-order chi connectivity index (χ0) is 8.93. The van der Waals surface area contributed by atoms with Crippen molar-refractivity contribution >= 4 is 23.5 Å². The van der Waals surface area contributed by atoms with Gasteiger partial charge in [-0.15, -0.1) is 23.5 Å². The zero-order valence-corrected chi connectivity index (χ0v) is 8.93. The van der Waals surface area contributed by atoms with Crippen LogP contribution in [-0.4, -0.2) is 10.5 Å². The maximum absolute atomic E-state index is 2.29. The minimum atomic E-state index is 0.665. The van der Waals surface area contributed by atoms with Crippen molar-refractivity contribution in [1.82, 2.24) is 0 Å². The van der Waals surface area contributed by atoms with Crippen molar-refractivity contribution in [2.45, 2.75) is 16.9 Å². The molecule has 0 spiro atoms. The van der Waals surface area contributed by atoms with Crippen LogP contribution in [0.2, 0.25) is 0 Å². The Balaban J connectivity index is 1.84. The van der Waals surface area contributed by atoms with Gasteiger partial charge in [-0.25, -0.2) is 0 Å². The molecular weight excluding hydrogens is 196 g/mol. The molecule has 2 atom stereocenters. The molecule has 0 amide bonds. The fraction of sp³-hybridized carbons (Fsp3) is 0.273. The van der Waals surface area contributed by atoms with E-state index < -0.39 is 0 Å². The number of thioether (sulfide) groups is 2. The molecule has 13 heavy (non-hydrogen) atoms. The third-order valence-electron chi connectivity index (χ3n) is 2.00. The van der Waals surface area contributed by atoms with Crippen LogP contribution in [0.1, 0.15) is 6.42 Å². The molecule has 0 N–H and O–H groups in total.